The molecule has 2 aromatic rings. The summed E-state index contributed by atoms with van der Waals surface area (Å²) in [7, 11) is 3.11. The van der Waals surface area contributed by atoms with Gasteiger partial charge >= 0.3 is 0 Å². The standard InChI is InChI=1S/C22H24N2O4S/c1-14(2)13-24-21(26)20(12-15-5-10-19(28-4)18(25)11-15)29-22(24)23-16-6-8-17(27-3)9-7-16/h5-12,14,25H,13H2,1-4H3/b20-12-,23-22?. The molecule has 0 atom stereocenters. The topological polar surface area (TPSA) is 71.4 Å². The highest BCUT2D eigenvalue weighted by Gasteiger charge is 2.33. The number of hydrogen-bond acceptors (Lipinski definition) is 6. The first kappa shape index (κ1) is 20.8. The first-order chi connectivity index (χ1) is 13.9. The molecule has 0 aromatic heterocycles. The fourth-order valence-corrected chi connectivity index (χ4v) is 3.84. The Kier molecular flexibility index (Phi) is 6.49. The summed E-state index contributed by atoms with van der Waals surface area (Å²) in [6.45, 7) is 4.70. The second-order valence-corrected chi connectivity index (χ2v) is 7.95. The Morgan fingerprint density at radius 2 is 1.86 bits per heavy atom. The first-order valence-corrected chi connectivity index (χ1v) is 10.0. The van der Waals surface area contributed by atoms with Crippen LogP contribution in [0.3, 0.4) is 0 Å². The molecule has 1 heterocycles. The van der Waals surface area contributed by atoms with Crippen LogP contribution in [0.25, 0.3) is 6.08 Å². The Morgan fingerprint density at radius 1 is 1.14 bits per heavy atom. The van der Waals surface area contributed by atoms with Crippen LogP contribution in [0.2, 0.25) is 0 Å². The number of hydrogen-bond donors (Lipinski definition) is 1. The average molecular weight is 413 g/mol. The van der Waals surface area contributed by atoms with Crippen molar-refractivity contribution in [3.63, 3.8) is 0 Å². The molecule has 29 heavy (non-hydrogen) atoms. The summed E-state index contributed by atoms with van der Waals surface area (Å²) in [5, 5.41) is 10.6. The first-order valence-electron chi connectivity index (χ1n) is 9.22. The van der Waals surface area contributed by atoms with E-state index >= 15 is 0 Å². The van der Waals surface area contributed by atoms with E-state index in [9.17, 15) is 9.90 Å². The normalized spacial score (nSPS) is 16.9. The van der Waals surface area contributed by atoms with Crippen molar-refractivity contribution in [2.75, 3.05) is 20.8 Å². The van der Waals surface area contributed by atoms with Crippen LogP contribution < -0.4 is 9.47 Å². The number of nitrogens with zero attached hydrogens (tertiary/aromatic N) is 2. The molecule has 0 bridgehead atoms. The lowest BCUT2D eigenvalue weighted by atomic mass is 10.1. The van der Waals surface area contributed by atoms with Crippen LogP contribution in [-0.4, -0.2) is 41.8 Å². The van der Waals surface area contributed by atoms with E-state index in [4.69, 9.17) is 9.47 Å². The molecule has 1 N–H and O–H groups in total. The van der Waals surface area contributed by atoms with E-state index in [1.807, 2.05) is 24.3 Å². The van der Waals surface area contributed by atoms with Crippen LogP contribution in [0.15, 0.2) is 52.4 Å². The number of amides is 1. The van der Waals surface area contributed by atoms with Crippen molar-refractivity contribution in [3.05, 3.63) is 52.9 Å². The summed E-state index contributed by atoms with van der Waals surface area (Å²) < 4.78 is 10.3. The molecule has 1 amide bonds. The average Bonchev–Trinajstić information content (AvgIpc) is 2.97. The van der Waals surface area contributed by atoms with Crippen molar-refractivity contribution >= 4 is 34.6 Å². The fraction of sp³-hybridized carbons (Fsp3) is 0.273. The van der Waals surface area contributed by atoms with E-state index in [1.165, 1.54) is 18.9 Å². The Balaban J connectivity index is 1.93. The maximum absolute atomic E-state index is 13.0. The molecular weight excluding hydrogens is 388 g/mol. The number of methoxy groups -OCH3 is 2. The molecular formula is C22H24N2O4S. The van der Waals surface area contributed by atoms with E-state index < -0.39 is 0 Å². The van der Waals surface area contributed by atoms with Crippen LogP contribution in [0.1, 0.15) is 19.4 Å². The van der Waals surface area contributed by atoms with Crippen molar-refractivity contribution in [2.45, 2.75) is 13.8 Å². The number of amidine groups is 1. The fourth-order valence-electron chi connectivity index (χ4n) is 2.83. The van der Waals surface area contributed by atoms with Crippen LogP contribution in [0, 0.1) is 5.92 Å². The van der Waals surface area contributed by atoms with E-state index in [-0.39, 0.29) is 11.7 Å². The second-order valence-electron chi connectivity index (χ2n) is 6.94. The van der Waals surface area contributed by atoms with E-state index in [0.29, 0.717) is 33.8 Å². The molecule has 6 nitrogen and oxygen atoms in total. The van der Waals surface area contributed by atoms with Gasteiger partial charge in [0.15, 0.2) is 16.7 Å². The van der Waals surface area contributed by atoms with Crippen molar-refractivity contribution in [1.82, 2.24) is 4.90 Å². The third-order valence-corrected chi connectivity index (χ3v) is 5.24. The number of phenolic OH excluding ortho intramolecular Hbond substituents is 1. The Hall–Kier alpha value is -2.93. The van der Waals surface area contributed by atoms with E-state index in [0.717, 1.165) is 11.4 Å². The number of carbonyl (C=O) groups excluding carboxylic acids is 1. The van der Waals surface area contributed by atoms with Crippen LogP contribution in [0.5, 0.6) is 17.2 Å². The molecule has 1 aliphatic rings. The summed E-state index contributed by atoms with van der Waals surface area (Å²) in [5.74, 6) is 1.38. The van der Waals surface area contributed by atoms with Gasteiger partial charge < -0.3 is 14.6 Å². The molecule has 0 spiro atoms. The van der Waals surface area contributed by atoms with Gasteiger partial charge in [0.2, 0.25) is 0 Å². The number of ether oxygens (including phenoxy) is 2. The highest BCUT2D eigenvalue weighted by molar-refractivity contribution is 8.18. The Morgan fingerprint density at radius 3 is 2.45 bits per heavy atom. The summed E-state index contributed by atoms with van der Waals surface area (Å²) in [6, 6.07) is 12.4. The van der Waals surface area contributed by atoms with E-state index in [1.54, 1.807) is 36.3 Å². The Labute approximate surface area is 174 Å². The highest BCUT2D eigenvalue weighted by Crippen LogP contribution is 2.36. The molecule has 7 heteroatoms. The molecule has 2 aromatic carbocycles. The van der Waals surface area contributed by atoms with Gasteiger partial charge in [0, 0.05) is 6.54 Å². The lowest BCUT2D eigenvalue weighted by molar-refractivity contribution is -0.122. The smallest absolute Gasteiger partial charge is 0.266 e. The van der Waals surface area contributed by atoms with Gasteiger partial charge in [-0.15, -0.1) is 0 Å². The number of aromatic hydroxyl groups is 1. The van der Waals surface area contributed by atoms with Crippen LogP contribution in [0.4, 0.5) is 5.69 Å². The van der Waals surface area contributed by atoms with Crippen molar-refractivity contribution in [3.8, 4) is 17.2 Å². The summed E-state index contributed by atoms with van der Waals surface area (Å²) in [4.78, 5) is 19.9. The maximum Gasteiger partial charge on any atom is 0.266 e. The van der Waals surface area contributed by atoms with Crippen molar-refractivity contribution < 1.29 is 19.4 Å². The second kappa shape index (κ2) is 9.05. The zero-order valence-electron chi connectivity index (χ0n) is 16.9. The molecule has 1 fully saturated rings. The summed E-state index contributed by atoms with van der Waals surface area (Å²) in [5.41, 5.74) is 1.47. The van der Waals surface area contributed by atoms with Gasteiger partial charge in [-0.05, 0) is 65.7 Å². The molecule has 0 unspecified atom stereocenters. The van der Waals surface area contributed by atoms with E-state index in [2.05, 4.69) is 18.8 Å². The largest absolute Gasteiger partial charge is 0.504 e. The number of thioether (sulfide) groups is 1. The molecule has 0 saturated carbocycles. The SMILES string of the molecule is COc1ccc(N=C2S/C(=C\c3ccc(OC)c(O)c3)C(=O)N2CC(C)C)cc1. The lowest BCUT2D eigenvalue weighted by Gasteiger charge is -2.17. The molecule has 1 saturated heterocycles. The zero-order valence-corrected chi connectivity index (χ0v) is 17.7. The summed E-state index contributed by atoms with van der Waals surface area (Å²) in [6.07, 6.45) is 1.76. The number of aliphatic imine (C=N–C) groups is 1. The molecule has 1 aliphatic heterocycles. The van der Waals surface area contributed by atoms with Crippen molar-refractivity contribution in [2.24, 2.45) is 10.9 Å². The third kappa shape index (κ3) is 4.92. The van der Waals surface area contributed by atoms with Gasteiger partial charge in [0.1, 0.15) is 5.75 Å². The van der Waals surface area contributed by atoms with Gasteiger partial charge in [-0.3, -0.25) is 9.69 Å². The van der Waals surface area contributed by atoms with Crippen molar-refractivity contribution in [1.29, 1.82) is 0 Å². The number of carbonyl (C=O) groups is 1. The quantitative estimate of drug-likeness (QED) is 0.698. The highest BCUT2D eigenvalue weighted by atomic mass is 32.2. The minimum absolute atomic E-state index is 0.0310. The molecule has 3 rings (SSSR count). The predicted molar refractivity (Wildman–Crippen MR) is 117 cm³/mol. The zero-order chi connectivity index (χ0) is 21.0. The monoisotopic (exact) mass is 412 g/mol. The minimum atomic E-state index is -0.0914. The third-order valence-electron chi connectivity index (χ3n) is 4.23. The predicted octanol–water partition coefficient (Wildman–Crippen LogP) is 4.67. The van der Waals surface area contributed by atoms with Gasteiger partial charge in [-0.25, -0.2) is 4.99 Å². The number of benzene rings is 2. The van der Waals surface area contributed by atoms with Crippen LogP contribution >= 0.6 is 11.8 Å². The molecule has 152 valence electrons. The molecule has 0 radical (unpaired) electrons. The van der Waals surface area contributed by atoms with Gasteiger partial charge in [0.05, 0.1) is 24.8 Å². The van der Waals surface area contributed by atoms with Crippen LogP contribution in [-0.2, 0) is 4.79 Å². The summed E-state index contributed by atoms with van der Waals surface area (Å²) >= 11 is 1.33. The van der Waals surface area contributed by atoms with Gasteiger partial charge in [-0.2, -0.15) is 0 Å². The Bertz CT molecular complexity index is 952. The maximum atomic E-state index is 13.0. The van der Waals surface area contributed by atoms with Gasteiger partial charge in [0.25, 0.3) is 5.91 Å². The number of rotatable bonds is 6. The molecule has 0 aliphatic carbocycles. The lowest BCUT2D eigenvalue weighted by Crippen LogP contribution is -2.32. The number of phenols is 1. The van der Waals surface area contributed by atoms with Gasteiger partial charge in [-0.1, -0.05) is 19.9 Å². The minimum Gasteiger partial charge on any atom is -0.504 e.